The van der Waals surface area contributed by atoms with Gasteiger partial charge >= 0.3 is 11.8 Å². The van der Waals surface area contributed by atoms with Crippen LogP contribution in [0.1, 0.15) is 13.8 Å². The lowest BCUT2D eigenvalue weighted by Crippen LogP contribution is -2.35. The van der Waals surface area contributed by atoms with Gasteiger partial charge in [-0.2, -0.15) is 0 Å². The van der Waals surface area contributed by atoms with Crippen LogP contribution in [0.4, 0.5) is 0 Å². The predicted molar refractivity (Wildman–Crippen MR) is 39.8 cm³/mol. The van der Waals surface area contributed by atoms with Crippen molar-refractivity contribution in [3.63, 3.8) is 0 Å². The first kappa shape index (κ1) is 8.04. The minimum atomic E-state index is -0.532. The Hall–Kier alpha value is -1.06. The zero-order valence-electron chi connectivity index (χ0n) is 6.73. The highest BCUT2D eigenvalue weighted by molar-refractivity contribution is 6.35. The fourth-order valence-electron chi connectivity index (χ4n) is 0.862. The molecular weight excluding hydrogens is 144 g/mol. The van der Waals surface area contributed by atoms with Crippen molar-refractivity contribution in [1.29, 1.82) is 0 Å². The van der Waals surface area contributed by atoms with E-state index in [1.54, 1.807) is 0 Å². The molecule has 1 rings (SSSR count). The van der Waals surface area contributed by atoms with Gasteiger partial charge in [0.25, 0.3) is 0 Å². The summed E-state index contributed by atoms with van der Waals surface area (Å²) in [4.78, 5) is 21.6. The van der Waals surface area contributed by atoms with Crippen LogP contribution in [0.25, 0.3) is 0 Å². The molecule has 0 aromatic heterocycles. The third-order valence-corrected chi connectivity index (χ3v) is 1.66. The standard InChI is InChI=1S/C7H12N2O2/c1-7(2)3-8-5(10)6(11)9-4-7/h3-4H2,1-2H3,(H,8,10)(H,9,11). The summed E-state index contributed by atoms with van der Waals surface area (Å²) in [5, 5.41) is 5.07. The van der Waals surface area contributed by atoms with Gasteiger partial charge < -0.3 is 10.6 Å². The summed E-state index contributed by atoms with van der Waals surface area (Å²) in [6.07, 6.45) is 0. The van der Waals surface area contributed by atoms with Crippen molar-refractivity contribution in [3.8, 4) is 0 Å². The summed E-state index contributed by atoms with van der Waals surface area (Å²) < 4.78 is 0. The summed E-state index contributed by atoms with van der Waals surface area (Å²) >= 11 is 0. The lowest BCUT2D eigenvalue weighted by Gasteiger charge is -2.20. The van der Waals surface area contributed by atoms with Crippen LogP contribution >= 0.6 is 0 Å². The fraction of sp³-hybridized carbons (Fsp3) is 0.714. The van der Waals surface area contributed by atoms with E-state index in [4.69, 9.17) is 0 Å². The summed E-state index contributed by atoms with van der Waals surface area (Å²) in [7, 11) is 0. The van der Waals surface area contributed by atoms with Crippen LogP contribution in [-0.4, -0.2) is 24.9 Å². The van der Waals surface area contributed by atoms with Crippen LogP contribution in [0, 0.1) is 5.41 Å². The Kier molecular flexibility index (Phi) is 1.85. The Balaban J connectivity index is 2.66. The zero-order valence-corrected chi connectivity index (χ0v) is 6.73. The van der Waals surface area contributed by atoms with E-state index < -0.39 is 11.8 Å². The van der Waals surface area contributed by atoms with Crippen molar-refractivity contribution < 1.29 is 9.59 Å². The van der Waals surface area contributed by atoms with Crippen molar-refractivity contribution in [2.45, 2.75) is 13.8 Å². The number of rotatable bonds is 0. The van der Waals surface area contributed by atoms with Crippen molar-refractivity contribution in [2.24, 2.45) is 5.41 Å². The Morgan fingerprint density at radius 1 is 1.09 bits per heavy atom. The Labute approximate surface area is 65.3 Å². The number of hydrogen-bond donors (Lipinski definition) is 2. The van der Waals surface area contributed by atoms with E-state index in [2.05, 4.69) is 10.6 Å². The minimum Gasteiger partial charge on any atom is -0.347 e. The summed E-state index contributed by atoms with van der Waals surface area (Å²) in [6, 6.07) is 0. The van der Waals surface area contributed by atoms with Crippen molar-refractivity contribution in [2.75, 3.05) is 13.1 Å². The second kappa shape index (κ2) is 2.53. The monoisotopic (exact) mass is 156 g/mol. The number of carbonyl (C=O) groups excluding carboxylic acids is 2. The second-order valence-electron chi connectivity index (χ2n) is 3.53. The maximum absolute atomic E-state index is 10.8. The highest BCUT2D eigenvalue weighted by Gasteiger charge is 2.26. The third-order valence-electron chi connectivity index (χ3n) is 1.66. The van der Waals surface area contributed by atoms with Gasteiger partial charge in [0, 0.05) is 13.1 Å². The maximum Gasteiger partial charge on any atom is 0.309 e. The smallest absolute Gasteiger partial charge is 0.309 e. The van der Waals surface area contributed by atoms with Crippen LogP contribution in [0.3, 0.4) is 0 Å². The molecule has 2 amide bonds. The van der Waals surface area contributed by atoms with E-state index in [-0.39, 0.29) is 5.41 Å². The van der Waals surface area contributed by atoms with E-state index in [0.29, 0.717) is 13.1 Å². The van der Waals surface area contributed by atoms with Crippen LogP contribution < -0.4 is 10.6 Å². The summed E-state index contributed by atoms with van der Waals surface area (Å²) in [5.74, 6) is -1.06. The minimum absolute atomic E-state index is 0.0399. The molecule has 0 atom stereocenters. The van der Waals surface area contributed by atoms with Gasteiger partial charge in [0.15, 0.2) is 0 Å². The van der Waals surface area contributed by atoms with Crippen LogP contribution in [-0.2, 0) is 9.59 Å². The predicted octanol–water partition coefficient (Wildman–Crippen LogP) is -0.741. The molecule has 62 valence electrons. The molecule has 0 unspecified atom stereocenters. The van der Waals surface area contributed by atoms with E-state index in [1.165, 1.54) is 0 Å². The van der Waals surface area contributed by atoms with Gasteiger partial charge in [0.1, 0.15) is 0 Å². The van der Waals surface area contributed by atoms with Gasteiger partial charge in [-0.25, -0.2) is 0 Å². The van der Waals surface area contributed by atoms with Crippen LogP contribution in [0.5, 0.6) is 0 Å². The average Bonchev–Trinajstić information content (AvgIpc) is 2.03. The molecule has 2 N–H and O–H groups in total. The molecule has 0 aromatic rings. The number of carbonyl (C=O) groups is 2. The summed E-state index contributed by atoms with van der Waals surface area (Å²) in [5.41, 5.74) is -0.0399. The fourth-order valence-corrected chi connectivity index (χ4v) is 0.862. The van der Waals surface area contributed by atoms with Gasteiger partial charge in [0.2, 0.25) is 0 Å². The van der Waals surface area contributed by atoms with Gasteiger partial charge in [-0.05, 0) is 5.41 Å². The van der Waals surface area contributed by atoms with Crippen molar-refractivity contribution in [1.82, 2.24) is 10.6 Å². The molecule has 11 heavy (non-hydrogen) atoms. The maximum atomic E-state index is 10.8. The van der Waals surface area contributed by atoms with Crippen LogP contribution in [0.2, 0.25) is 0 Å². The number of nitrogens with one attached hydrogen (secondary N) is 2. The SMILES string of the molecule is CC1(C)CNC(=O)C(=O)NC1. The van der Waals surface area contributed by atoms with Crippen molar-refractivity contribution in [3.05, 3.63) is 0 Å². The van der Waals surface area contributed by atoms with E-state index in [1.807, 2.05) is 13.8 Å². The average molecular weight is 156 g/mol. The van der Waals surface area contributed by atoms with Gasteiger partial charge in [-0.3, -0.25) is 9.59 Å². The second-order valence-corrected chi connectivity index (χ2v) is 3.53. The third kappa shape index (κ3) is 1.93. The molecule has 0 aliphatic carbocycles. The summed E-state index contributed by atoms with van der Waals surface area (Å²) in [6.45, 7) is 5.06. The zero-order chi connectivity index (χ0) is 8.48. The van der Waals surface area contributed by atoms with Crippen molar-refractivity contribution >= 4 is 11.8 Å². The van der Waals surface area contributed by atoms with Crippen LogP contribution in [0.15, 0.2) is 0 Å². The molecule has 0 aromatic carbocycles. The molecule has 1 saturated heterocycles. The molecule has 0 radical (unpaired) electrons. The lowest BCUT2D eigenvalue weighted by atomic mass is 9.94. The molecule has 0 saturated carbocycles. The first-order valence-electron chi connectivity index (χ1n) is 3.57. The Morgan fingerprint density at radius 2 is 1.45 bits per heavy atom. The number of hydrogen-bond acceptors (Lipinski definition) is 2. The first-order valence-corrected chi connectivity index (χ1v) is 3.57. The lowest BCUT2D eigenvalue weighted by molar-refractivity contribution is -0.138. The molecule has 1 aliphatic heterocycles. The first-order chi connectivity index (χ1) is 5.01. The quantitative estimate of drug-likeness (QED) is 0.454. The topological polar surface area (TPSA) is 58.2 Å². The van der Waals surface area contributed by atoms with E-state index >= 15 is 0 Å². The molecule has 0 bridgehead atoms. The molecular formula is C7H12N2O2. The van der Waals surface area contributed by atoms with Gasteiger partial charge in [-0.15, -0.1) is 0 Å². The molecule has 4 nitrogen and oxygen atoms in total. The highest BCUT2D eigenvalue weighted by Crippen LogP contribution is 2.12. The van der Waals surface area contributed by atoms with E-state index in [0.717, 1.165) is 0 Å². The number of amides is 2. The van der Waals surface area contributed by atoms with Gasteiger partial charge in [0.05, 0.1) is 0 Å². The molecule has 4 heteroatoms. The normalized spacial score (nSPS) is 23.5. The molecule has 1 aliphatic rings. The Bertz CT molecular complexity index is 179. The van der Waals surface area contributed by atoms with Gasteiger partial charge in [-0.1, -0.05) is 13.8 Å². The molecule has 1 fully saturated rings. The molecule has 0 spiro atoms. The molecule has 1 heterocycles. The Morgan fingerprint density at radius 3 is 1.82 bits per heavy atom. The highest BCUT2D eigenvalue weighted by atomic mass is 16.2. The van der Waals surface area contributed by atoms with E-state index in [9.17, 15) is 9.59 Å². The largest absolute Gasteiger partial charge is 0.347 e.